The number of piperidine rings is 1. The molecule has 2 atom stereocenters. The van der Waals surface area contributed by atoms with Crippen molar-refractivity contribution >= 4 is 29.3 Å². The molecule has 2 aliphatic rings. The summed E-state index contributed by atoms with van der Waals surface area (Å²) in [6.07, 6.45) is 5.06. The van der Waals surface area contributed by atoms with Crippen molar-refractivity contribution < 1.29 is 4.79 Å². The molecule has 2 fully saturated rings. The number of thioether (sulfide) groups is 1. The number of hydrogen-bond donors (Lipinski definition) is 0. The molecule has 0 N–H and O–H groups in total. The Morgan fingerprint density at radius 1 is 1.26 bits per heavy atom. The smallest absolute Gasteiger partial charge is 0.240 e. The molecule has 2 heterocycles. The molecule has 2 aliphatic heterocycles. The predicted molar refractivity (Wildman–Crippen MR) is 83.0 cm³/mol. The number of nitrogens with zero attached hydrogens (tertiary/aromatic N) is 2. The molecule has 0 bridgehead atoms. The van der Waals surface area contributed by atoms with Gasteiger partial charge in [0.05, 0.1) is 6.04 Å². The Bertz CT molecular complexity index is 295. The van der Waals surface area contributed by atoms with Gasteiger partial charge in [-0.25, -0.2) is 0 Å². The first-order valence-corrected chi connectivity index (χ1v) is 9.02. The van der Waals surface area contributed by atoms with Crippen LogP contribution in [0.25, 0.3) is 0 Å². The van der Waals surface area contributed by atoms with E-state index in [-0.39, 0.29) is 5.91 Å². The Labute approximate surface area is 126 Å². The van der Waals surface area contributed by atoms with Crippen molar-refractivity contribution in [2.24, 2.45) is 0 Å². The number of carbonyl (C=O) groups excluding carboxylic acids is 1. The third-order valence-electron chi connectivity index (χ3n) is 3.98. The van der Waals surface area contributed by atoms with Gasteiger partial charge in [-0.05, 0) is 45.0 Å². The Balaban J connectivity index is 1.97. The zero-order valence-corrected chi connectivity index (χ0v) is 13.4. The number of rotatable bonds is 3. The Morgan fingerprint density at radius 2 is 2.00 bits per heavy atom. The normalized spacial score (nSPS) is 27.9. The van der Waals surface area contributed by atoms with E-state index in [1.165, 1.54) is 32.4 Å². The third kappa shape index (κ3) is 4.54. The lowest BCUT2D eigenvalue weighted by atomic mass is 10.1. The highest BCUT2D eigenvalue weighted by Gasteiger charge is 2.29. The van der Waals surface area contributed by atoms with E-state index >= 15 is 0 Å². The lowest BCUT2D eigenvalue weighted by Crippen LogP contribution is -2.50. The lowest BCUT2D eigenvalue weighted by Gasteiger charge is -2.36. The zero-order valence-electron chi connectivity index (χ0n) is 11.8. The number of amides is 1. The van der Waals surface area contributed by atoms with E-state index in [0.29, 0.717) is 6.04 Å². The standard InChI is InChI=1S/C14H25ClN2OS/c1-12(15)14(18)17-8-5-9-19-11-13(17)10-16-6-3-2-4-7-16/h12-13H,2-11H2,1H3. The highest BCUT2D eigenvalue weighted by Crippen LogP contribution is 2.20. The molecular weight excluding hydrogens is 280 g/mol. The third-order valence-corrected chi connectivity index (χ3v) is 5.36. The van der Waals surface area contributed by atoms with Crippen molar-refractivity contribution in [3.05, 3.63) is 0 Å². The van der Waals surface area contributed by atoms with Crippen LogP contribution in [0.5, 0.6) is 0 Å². The maximum Gasteiger partial charge on any atom is 0.240 e. The minimum Gasteiger partial charge on any atom is -0.336 e. The van der Waals surface area contributed by atoms with Gasteiger partial charge in [0.1, 0.15) is 5.38 Å². The van der Waals surface area contributed by atoms with Gasteiger partial charge in [0, 0.05) is 18.8 Å². The molecule has 0 aromatic carbocycles. The summed E-state index contributed by atoms with van der Waals surface area (Å²) in [7, 11) is 0. The molecule has 2 unspecified atom stereocenters. The van der Waals surface area contributed by atoms with Gasteiger partial charge in [-0.15, -0.1) is 11.6 Å². The summed E-state index contributed by atoms with van der Waals surface area (Å²) in [5.74, 6) is 2.34. The van der Waals surface area contributed by atoms with Crippen LogP contribution >= 0.6 is 23.4 Å². The number of likely N-dealkylation sites (tertiary alicyclic amines) is 1. The van der Waals surface area contributed by atoms with Crippen molar-refractivity contribution in [3.8, 4) is 0 Å². The molecule has 19 heavy (non-hydrogen) atoms. The molecule has 0 saturated carbocycles. The fraction of sp³-hybridized carbons (Fsp3) is 0.929. The van der Waals surface area contributed by atoms with Gasteiger partial charge < -0.3 is 9.80 Å². The van der Waals surface area contributed by atoms with Crippen LogP contribution in [0, 0.1) is 0 Å². The van der Waals surface area contributed by atoms with E-state index < -0.39 is 5.38 Å². The van der Waals surface area contributed by atoms with E-state index in [0.717, 1.165) is 31.0 Å². The minimum absolute atomic E-state index is 0.117. The quantitative estimate of drug-likeness (QED) is 0.748. The van der Waals surface area contributed by atoms with Gasteiger partial charge in [-0.3, -0.25) is 4.79 Å². The summed E-state index contributed by atoms with van der Waals surface area (Å²) in [4.78, 5) is 16.8. The van der Waals surface area contributed by atoms with Crippen LogP contribution in [0.3, 0.4) is 0 Å². The largest absolute Gasteiger partial charge is 0.336 e. The van der Waals surface area contributed by atoms with Crippen molar-refractivity contribution in [1.29, 1.82) is 0 Å². The second-order valence-corrected chi connectivity index (χ2v) is 7.40. The fourth-order valence-corrected chi connectivity index (χ4v) is 4.12. The molecule has 3 nitrogen and oxygen atoms in total. The first kappa shape index (κ1) is 15.5. The van der Waals surface area contributed by atoms with Gasteiger partial charge in [0.25, 0.3) is 0 Å². The summed E-state index contributed by atoms with van der Waals surface area (Å²) in [5, 5.41) is -0.396. The molecule has 0 radical (unpaired) electrons. The number of alkyl halides is 1. The van der Waals surface area contributed by atoms with Gasteiger partial charge >= 0.3 is 0 Å². The van der Waals surface area contributed by atoms with E-state index in [2.05, 4.69) is 4.90 Å². The van der Waals surface area contributed by atoms with Gasteiger partial charge in [0.2, 0.25) is 5.91 Å². The molecule has 2 saturated heterocycles. The first-order chi connectivity index (χ1) is 9.18. The first-order valence-electron chi connectivity index (χ1n) is 7.43. The maximum atomic E-state index is 12.3. The molecule has 0 aromatic rings. The van der Waals surface area contributed by atoms with Gasteiger partial charge in [-0.2, -0.15) is 11.8 Å². The van der Waals surface area contributed by atoms with Crippen molar-refractivity contribution in [2.45, 2.75) is 44.0 Å². The lowest BCUT2D eigenvalue weighted by molar-refractivity contribution is -0.132. The predicted octanol–water partition coefficient (Wildman–Crippen LogP) is 2.43. The monoisotopic (exact) mass is 304 g/mol. The van der Waals surface area contributed by atoms with E-state index in [1.807, 2.05) is 16.7 Å². The van der Waals surface area contributed by atoms with Gasteiger partial charge in [-0.1, -0.05) is 6.42 Å². The number of carbonyl (C=O) groups is 1. The van der Waals surface area contributed by atoms with Crippen LogP contribution in [0.4, 0.5) is 0 Å². The van der Waals surface area contributed by atoms with Crippen LogP contribution in [0.1, 0.15) is 32.6 Å². The molecule has 1 amide bonds. The van der Waals surface area contributed by atoms with Crippen molar-refractivity contribution in [2.75, 3.05) is 37.7 Å². The molecule has 2 rings (SSSR count). The second kappa shape index (κ2) is 7.75. The van der Waals surface area contributed by atoms with Crippen molar-refractivity contribution in [1.82, 2.24) is 9.80 Å². The summed E-state index contributed by atoms with van der Waals surface area (Å²) in [5.41, 5.74) is 0. The molecule has 0 spiro atoms. The number of halogens is 1. The topological polar surface area (TPSA) is 23.6 Å². The number of hydrogen-bond acceptors (Lipinski definition) is 3. The Hall–Kier alpha value is 0.0700. The van der Waals surface area contributed by atoms with Crippen LogP contribution in [-0.2, 0) is 4.79 Å². The molecule has 0 aliphatic carbocycles. The van der Waals surface area contributed by atoms with Crippen molar-refractivity contribution in [3.63, 3.8) is 0 Å². The highest BCUT2D eigenvalue weighted by atomic mass is 35.5. The van der Waals surface area contributed by atoms with Crippen LogP contribution < -0.4 is 0 Å². The Morgan fingerprint density at radius 3 is 2.68 bits per heavy atom. The maximum absolute atomic E-state index is 12.3. The minimum atomic E-state index is -0.396. The average Bonchev–Trinajstić information content (AvgIpc) is 2.64. The second-order valence-electron chi connectivity index (χ2n) is 5.59. The van der Waals surface area contributed by atoms with E-state index in [1.54, 1.807) is 6.92 Å². The average molecular weight is 305 g/mol. The van der Waals surface area contributed by atoms with Gasteiger partial charge in [0.15, 0.2) is 0 Å². The summed E-state index contributed by atoms with van der Waals surface area (Å²) in [6.45, 7) is 6.09. The Kier molecular flexibility index (Phi) is 6.30. The van der Waals surface area contributed by atoms with Crippen LogP contribution in [0.2, 0.25) is 0 Å². The summed E-state index contributed by atoms with van der Waals surface area (Å²) >= 11 is 7.99. The molecule has 110 valence electrons. The fourth-order valence-electron chi connectivity index (χ4n) is 2.94. The summed E-state index contributed by atoms with van der Waals surface area (Å²) in [6, 6.07) is 0.347. The molecule has 0 aromatic heterocycles. The highest BCUT2D eigenvalue weighted by molar-refractivity contribution is 7.99. The van der Waals surface area contributed by atoms with E-state index in [4.69, 9.17) is 11.6 Å². The van der Waals surface area contributed by atoms with Crippen LogP contribution in [-0.4, -0.2) is 64.8 Å². The SMILES string of the molecule is CC(Cl)C(=O)N1CCCSCC1CN1CCCCC1. The van der Waals surface area contributed by atoms with E-state index in [9.17, 15) is 4.79 Å². The molecule has 5 heteroatoms. The summed E-state index contributed by atoms with van der Waals surface area (Å²) < 4.78 is 0. The van der Waals surface area contributed by atoms with Crippen LogP contribution in [0.15, 0.2) is 0 Å². The zero-order chi connectivity index (χ0) is 13.7. The molecular formula is C14H25ClN2OS.